The molecule has 0 amide bonds. The van der Waals surface area contributed by atoms with Crippen LogP contribution in [0.25, 0.3) is 0 Å². The zero-order valence-corrected chi connectivity index (χ0v) is 11.7. The molecule has 7 heteroatoms. The van der Waals surface area contributed by atoms with Crippen LogP contribution in [0.5, 0.6) is 0 Å². The number of benzene rings is 2. The minimum absolute atomic E-state index is 0.0196. The monoisotopic (exact) mass is 312 g/mol. The number of anilines is 3. The lowest BCUT2D eigenvalue weighted by Gasteiger charge is -2.14. The zero-order chi connectivity index (χ0) is 15.6. The van der Waals surface area contributed by atoms with Crippen molar-refractivity contribution in [2.75, 3.05) is 18.2 Å². The van der Waals surface area contributed by atoms with Gasteiger partial charge in [0.2, 0.25) is 0 Å². The Morgan fingerprint density at radius 3 is 2.67 bits per heavy atom. The number of hydrogen-bond donors (Lipinski definition) is 2. The molecule has 110 valence electrons. The van der Waals surface area contributed by atoms with Gasteiger partial charge in [-0.1, -0.05) is 11.6 Å². The number of halogens is 3. The Kier molecular flexibility index (Phi) is 4.28. The molecule has 0 saturated carbocycles. The van der Waals surface area contributed by atoms with Crippen LogP contribution < -0.4 is 11.1 Å². The van der Waals surface area contributed by atoms with Crippen LogP contribution in [0.15, 0.2) is 30.3 Å². The molecule has 3 N–H and O–H groups in total. The lowest BCUT2D eigenvalue weighted by atomic mass is 10.1. The number of esters is 1. The summed E-state index contributed by atoms with van der Waals surface area (Å²) in [5.41, 5.74) is 5.80. The Bertz CT molecular complexity index is 708. The fraction of sp³-hybridized carbons (Fsp3) is 0.0714. The van der Waals surface area contributed by atoms with Crippen LogP contribution in [0.4, 0.5) is 25.8 Å². The first-order valence-electron chi connectivity index (χ1n) is 5.81. The van der Waals surface area contributed by atoms with Crippen molar-refractivity contribution in [2.24, 2.45) is 0 Å². The first-order valence-corrected chi connectivity index (χ1v) is 6.19. The van der Waals surface area contributed by atoms with Crippen LogP contribution in [-0.2, 0) is 4.74 Å². The molecular weight excluding hydrogens is 302 g/mol. The molecule has 0 spiro atoms. The second kappa shape index (κ2) is 5.97. The van der Waals surface area contributed by atoms with Gasteiger partial charge in [0, 0.05) is 11.8 Å². The number of carbonyl (C=O) groups excluding carboxylic acids is 1. The van der Waals surface area contributed by atoms with E-state index in [2.05, 4.69) is 10.1 Å². The van der Waals surface area contributed by atoms with E-state index in [1.165, 1.54) is 19.2 Å². The van der Waals surface area contributed by atoms with Gasteiger partial charge in [0.1, 0.15) is 11.6 Å². The highest BCUT2D eigenvalue weighted by Crippen LogP contribution is 2.33. The van der Waals surface area contributed by atoms with E-state index >= 15 is 0 Å². The quantitative estimate of drug-likeness (QED) is 0.669. The molecule has 0 unspecified atom stereocenters. The number of carbonyl (C=O) groups is 1. The number of nitrogen functional groups attached to an aromatic ring is 1. The normalized spacial score (nSPS) is 10.3. The third kappa shape index (κ3) is 3.22. The Morgan fingerprint density at radius 1 is 1.29 bits per heavy atom. The zero-order valence-electron chi connectivity index (χ0n) is 10.9. The van der Waals surface area contributed by atoms with Gasteiger partial charge < -0.3 is 15.8 Å². The first kappa shape index (κ1) is 15.1. The first-order chi connectivity index (χ1) is 9.92. The summed E-state index contributed by atoms with van der Waals surface area (Å²) in [6, 6.07) is 5.60. The average molecular weight is 313 g/mol. The van der Waals surface area contributed by atoms with Crippen LogP contribution in [0.3, 0.4) is 0 Å². The molecule has 2 aromatic carbocycles. The number of ether oxygens (including phenoxy) is 1. The number of nitrogens with one attached hydrogen (secondary N) is 1. The van der Waals surface area contributed by atoms with Gasteiger partial charge >= 0.3 is 5.97 Å². The smallest absolute Gasteiger partial charge is 0.340 e. The van der Waals surface area contributed by atoms with Crippen LogP contribution in [0.2, 0.25) is 5.02 Å². The van der Waals surface area contributed by atoms with Crippen LogP contribution in [0.1, 0.15) is 10.4 Å². The third-order valence-corrected chi connectivity index (χ3v) is 3.00. The molecular formula is C14H11ClF2N2O2. The predicted molar refractivity (Wildman–Crippen MR) is 76.8 cm³/mol. The summed E-state index contributed by atoms with van der Waals surface area (Å²) in [6.45, 7) is 0. The van der Waals surface area contributed by atoms with Gasteiger partial charge in [-0.2, -0.15) is 0 Å². The Morgan fingerprint density at radius 2 is 2.00 bits per heavy atom. The van der Waals surface area contributed by atoms with Crippen molar-refractivity contribution in [3.8, 4) is 0 Å². The molecule has 0 aliphatic rings. The highest BCUT2D eigenvalue weighted by Gasteiger charge is 2.17. The highest BCUT2D eigenvalue weighted by molar-refractivity contribution is 6.34. The van der Waals surface area contributed by atoms with Crippen molar-refractivity contribution < 1.29 is 18.3 Å². The van der Waals surface area contributed by atoms with Crippen LogP contribution in [0, 0.1) is 11.6 Å². The predicted octanol–water partition coefficient (Wildman–Crippen LogP) is 3.73. The van der Waals surface area contributed by atoms with Crippen molar-refractivity contribution in [1.29, 1.82) is 0 Å². The molecule has 0 atom stereocenters. The summed E-state index contributed by atoms with van der Waals surface area (Å²) in [5.74, 6) is -2.03. The molecule has 0 aliphatic carbocycles. The SMILES string of the molecule is COC(=O)c1cc(N)cc(Cl)c1Nc1cc(F)ccc1F. The summed E-state index contributed by atoms with van der Waals surface area (Å²) in [4.78, 5) is 11.7. The van der Waals surface area contributed by atoms with Gasteiger partial charge in [-0.15, -0.1) is 0 Å². The lowest BCUT2D eigenvalue weighted by Crippen LogP contribution is -2.08. The molecule has 0 saturated heterocycles. The van der Waals surface area contributed by atoms with Gasteiger partial charge in [0.15, 0.2) is 0 Å². The third-order valence-electron chi connectivity index (χ3n) is 2.71. The van der Waals surface area contributed by atoms with Crippen molar-refractivity contribution in [1.82, 2.24) is 0 Å². The maximum Gasteiger partial charge on any atom is 0.340 e. The molecule has 0 fully saturated rings. The molecule has 2 rings (SSSR count). The van der Waals surface area contributed by atoms with Crippen molar-refractivity contribution in [3.05, 3.63) is 52.6 Å². The van der Waals surface area contributed by atoms with E-state index in [4.69, 9.17) is 17.3 Å². The van der Waals surface area contributed by atoms with E-state index in [0.29, 0.717) is 0 Å². The molecule has 4 nitrogen and oxygen atoms in total. The van der Waals surface area contributed by atoms with Gasteiger partial charge in [0.25, 0.3) is 0 Å². The maximum absolute atomic E-state index is 13.7. The van der Waals surface area contributed by atoms with E-state index in [1.54, 1.807) is 0 Å². The highest BCUT2D eigenvalue weighted by atomic mass is 35.5. The van der Waals surface area contributed by atoms with Crippen LogP contribution >= 0.6 is 11.6 Å². The molecule has 0 aromatic heterocycles. The van der Waals surface area contributed by atoms with E-state index < -0.39 is 17.6 Å². The minimum Gasteiger partial charge on any atom is -0.465 e. The van der Waals surface area contributed by atoms with Crippen LogP contribution in [-0.4, -0.2) is 13.1 Å². The number of nitrogens with two attached hydrogens (primary N) is 1. The van der Waals surface area contributed by atoms with Gasteiger partial charge in [-0.25, -0.2) is 13.6 Å². The van der Waals surface area contributed by atoms with Gasteiger partial charge in [-0.3, -0.25) is 0 Å². The molecule has 0 radical (unpaired) electrons. The molecule has 2 aromatic rings. The number of hydrogen-bond acceptors (Lipinski definition) is 4. The summed E-state index contributed by atoms with van der Waals surface area (Å²) in [6.07, 6.45) is 0. The Balaban J connectivity index is 2.53. The van der Waals surface area contributed by atoms with Crippen molar-refractivity contribution in [2.45, 2.75) is 0 Å². The average Bonchev–Trinajstić information content (AvgIpc) is 2.44. The minimum atomic E-state index is -0.705. The standard InChI is InChI=1S/C14H11ClF2N2O2/c1-21-14(20)9-5-8(18)6-10(15)13(9)19-12-4-7(16)2-3-11(12)17/h2-6,19H,18H2,1H3. The fourth-order valence-electron chi connectivity index (χ4n) is 1.75. The summed E-state index contributed by atoms with van der Waals surface area (Å²) in [5, 5.41) is 2.67. The van der Waals surface area contributed by atoms with Gasteiger partial charge in [-0.05, 0) is 24.3 Å². The maximum atomic E-state index is 13.7. The van der Waals surface area contributed by atoms with E-state index in [9.17, 15) is 13.6 Å². The Hall–Kier alpha value is -2.34. The van der Waals surface area contributed by atoms with Crippen molar-refractivity contribution in [3.63, 3.8) is 0 Å². The summed E-state index contributed by atoms with van der Waals surface area (Å²) >= 11 is 6.01. The molecule has 0 aliphatic heterocycles. The van der Waals surface area contributed by atoms with Gasteiger partial charge in [0.05, 0.1) is 29.1 Å². The second-order valence-corrected chi connectivity index (χ2v) is 4.57. The van der Waals surface area contributed by atoms with E-state index in [-0.39, 0.29) is 27.6 Å². The van der Waals surface area contributed by atoms with E-state index in [1.807, 2.05) is 0 Å². The molecule has 0 heterocycles. The number of rotatable bonds is 3. The molecule has 0 bridgehead atoms. The topological polar surface area (TPSA) is 64.3 Å². The van der Waals surface area contributed by atoms with Crippen molar-refractivity contribution >= 4 is 34.6 Å². The lowest BCUT2D eigenvalue weighted by molar-refractivity contribution is 0.0602. The molecule has 21 heavy (non-hydrogen) atoms. The van der Waals surface area contributed by atoms with E-state index in [0.717, 1.165) is 18.2 Å². The fourth-order valence-corrected chi connectivity index (χ4v) is 2.03. The summed E-state index contributed by atoms with van der Waals surface area (Å²) < 4.78 is 31.5. The number of methoxy groups -OCH3 is 1. The Labute approximate surface area is 124 Å². The second-order valence-electron chi connectivity index (χ2n) is 4.17. The summed E-state index contributed by atoms with van der Waals surface area (Å²) in [7, 11) is 1.19. The largest absolute Gasteiger partial charge is 0.465 e.